The smallest absolute Gasteiger partial charge is 0.0872 e. The van der Waals surface area contributed by atoms with Gasteiger partial charge in [-0.15, -0.1) is 0 Å². The van der Waals surface area contributed by atoms with Crippen molar-refractivity contribution in [3.63, 3.8) is 0 Å². The van der Waals surface area contributed by atoms with Gasteiger partial charge in [0.15, 0.2) is 0 Å². The Hall–Kier alpha value is 0.230. The topological polar surface area (TPSA) is 17.1 Å². The summed E-state index contributed by atoms with van der Waals surface area (Å²) in [4.78, 5) is 0. The molecule has 0 heterocycles. The molecule has 0 aliphatic carbocycles. The first-order valence-electron chi connectivity index (χ1n) is 11.3. The van der Waals surface area contributed by atoms with Crippen molar-refractivity contribution in [3.05, 3.63) is 0 Å². The summed E-state index contributed by atoms with van der Waals surface area (Å²) in [6.45, 7) is 6.48. The highest BCUT2D eigenvalue weighted by Gasteiger charge is 2.15. The number of hydrogen-bond donors (Lipinski definition) is 0. The van der Waals surface area contributed by atoms with Crippen LogP contribution in [0.4, 0.5) is 0 Å². The van der Waals surface area contributed by atoms with Crippen molar-refractivity contribution in [1.82, 2.24) is 0 Å². The van der Waals surface area contributed by atoms with Crippen LogP contribution in [0.15, 0.2) is 0 Å². The van der Waals surface area contributed by atoms with Gasteiger partial charge in [0.2, 0.25) is 0 Å². The summed E-state index contributed by atoms with van der Waals surface area (Å²) in [5.74, 6) is 0. The van der Waals surface area contributed by atoms with Gasteiger partial charge in [0.25, 0.3) is 0 Å². The molecule has 0 N–H and O–H groups in total. The van der Waals surface area contributed by atoms with Crippen LogP contribution >= 0.6 is 7.14 Å². The van der Waals surface area contributed by atoms with E-state index in [1.165, 1.54) is 103 Å². The summed E-state index contributed by atoms with van der Waals surface area (Å²) in [7, 11) is -1.77. The summed E-state index contributed by atoms with van der Waals surface area (Å²) >= 11 is 0. The van der Waals surface area contributed by atoms with Crippen molar-refractivity contribution in [2.24, 2.45) is 0 Å². The van der Waals surface area contributed by atoms with Gasteiger partial charge in [-0.3, -0.25) is 0 Å². The van der Waals surface area contributed by atoms with Crippen LogP contribution in [0.25, 0.3) is 0 Å². The van der Waals surface area contributed by atoms with Crippen molar-refractivity contribution in [2.75, 3.05) is 18.5 Å². The van der Waals surface area contributed by atoms with Crippen LogP contribution in [0.2, 0.25) is 0 Å². The van der Waals surface area contributed by atoms with Crippen LogP contribution in [0.3, 0.4) is 0 Å². The molecule has 0 aliphatic rings. The maximum absolute atomic E-state index is 12.3. The van der Waals surface area contributed by atoms with E-state index in [2.05, 4.69) is 20.8 Å². The lowest BCUT2D eigenvalue weighted by Gasteiger charge is -2.13. The molecule has 0 radical (unpaired) electrons. The van der Waals surface area contributed by atoms with Gasteiger partial charge in [-0.25, -0.2) is 0 Å². The van der Waals surface area contributed by atoms with Crippen molar-refractivity contribution >= 4 is 7.14 Å². The molecule has 0 saturated heterocycles. The molecule has 2 heteroatoms. The number of rotatable bonds is 19. The predicted octanol–water partition coefficient (Wildman–Crippen LogP) is 8.65. The van der Waals surface area contributed by atoms with E-state index >= 15 is 0 Å². The van der Waals surface area contributed by atoms with Gasteiger partial charge in [0.1, 0.15) is 0 Å². The van der Waals surface area contributed by atoms with Gasteiger partial charge in [-0.1, -0.05) is 117 Å². The highest BCUT2D eigenvalue weighted by Crippen LogP contribution is 2.45. The number of hydrogen-bond acceptors (Lipinski definition) is 1. The van der Waals surface area contributed by atoms with E-state index in [4.69, 9.17) is 0 Å². The molecule has 1 nitrogen and oxygen atoms in total. The molecule has 0 spiro atoms. The molecule has 0 aliphatic heterocycles. The fourth-order valence-electron chi connectivity index (χ4n) is 3.49. The Morgan fingerprint density at radius 2 is 0.750 bits per heavy atom. The van der Waals surface area contributed by atoms with Crippen molar-refractivity contribution in [3.8, 4) is 0 Å². The molecule has 0 fully saturated rings. The van der Waals surface area contributed by atoms with E-state index < -0.39 is 7.14 Å². The van der Waals surface area contributed by atoms with E-state index in [1.807, 2.05) is 0 Å². The molecule has 0 aromatic rings. The fraction of sp³-hybridized carbons (Fsp3) is 1.00. The first-order chi connectivity index (χ1) is 11.7. The lowest BCUT2D eigenvalue weighted by atomic mass is 10.0. The second kappa shape index (κ2) is 18.0. The van der Waals surface area contributed by atoms with Crippen LogP contribution in [0.1, 0.15) is 124 Å². The lowest BCUT2D eigenvalue weighted by Crippen LogP contribution is -1.95. The molecule has 0 aromatic heterocycles. The Labute approximate surface area is 154 Å². The SMILES string of the molecule is CCCCCCCCCCCCCCCCCCP(=O)(CC)CC. The van der Waals surface area contributed by atoms with Gasteiger partial charge in [0, 0.05) is 6.16 Å². The highest BCUT2D eigenvalue weighted by atomic mass is 31.2. The molecule has 24 heavy (non-hydrogen) atoms. The van der Waals surface area contributed by atoms with E-state index in [1.54, 1.807) is 0 Å². The molecule has 146 valence electrons. The number of unbranched alkanes of at least 4 members (excludes halogenated alkanes) is 15. The van der Waals surface area contributed by atoms with Gasteiger partial charge in [0.05, 0.1) is 7.14 Å². The van der Waals surface area contributed by atoms with Gasteiger partial charge in [-0.05, 0) is 18.7 Å². The third kappa shape index (κ3) is 15.7. The summed E-state index contributed by atoms with van der Waals surface area (Å²) in [5, 5.41) is 0. The maximum Gasteiger partial charge on any atom is 0.0872 e. The molecule has 0 unspecified atom stereocenters. The average molecular weight is 359 g/mol. The Kier molecular flexibility index (Phi) is 18.2. The van der Waals surface area contributed by atoms with E-state index in [0.717, 1.165) is 18.5 Å². The third-order valence-corrected chi connectivity index (χ3v) is 9.01. The summed E-state index contributed by atoms with van der Waals surface area (Å²) in [5.41, 5.74) is 0. The van der Waals surface area contributed by atoms with Crippen LogP contribution < -0.4 is 0 Å². The molecule has 0 atom stereocenters. The molecule has 0 saturated carbocycles. The zero-order valence-corrected chi connectivity index (χ0v) is 18.2. The highest BCUT2D eigenvalue weighted by molar-refractivity contribution is 7.63. The molecular weight excluding hydrogens is 311 g/mol. The largest absolute Gasteiger partial charge is 0.324 e. The van der Waals surface area contributed by atoms with Crippen LogP contribution in [0.5, 0.6) is 0 Å². The third-order valence-electron chi connectivity index (χ3n) is 5.57. The van der Waals surface area contributed by atoms with Crippen LogP contribution in [-0.2, 0) is 4.57 Å². The maximum atomic E-state index is 12.3. The summed E-state index contributed by atoms with van der Waals surface area (Å²) in [6.07, 6.45) is 25.3. The van der Waals surface area contributed by atoms with Crippen molar-refractivity contribution < 1.29 is 4.57 Å². The summed E-state index contributed by atoms with van der Waals surface area (Å²) < 4.78 is 12.3. The Bertz CT molecular complexity index is 280. The average Bonchev–Trinajstić information content (AvgIpc) is 2.61. The van der Waals surface area contributed by atoms with E-state index in [0.29, 0.717) is 0 Å². The van der Waals surface area contributed by atoms with Crippen LogP contribution in [-0.4, -0.2) is 18.5 Å². The second-order valence-corrected chi connectivity index (χ2v) is 11.5. The second-order valence-electron chi connectivity index (χ2n) is 7.72. The van der Waals surface area contributed by atoms with Crippen molar-refractivity contribution in [2.45, 2.75) is 124 Å². The van der Waals surface area contributed by atoms with Crippen molar-refractivity contribution in [1.29, 1.82) is 0 Å². The predicted molar refractivity (Wildman–Crippen MR) is 113 cm³/mol. The molecular formula is C22H47OP. The summed E-state index contributed by atoms with van der Waals surface area (Å²) in [6, 6.07) is 0. The Morgan fingerprint density at radius 3 is 1.04 bits per heavy atom. The molecule has 0 rings (SSSR count). The quantitative estimate of drug-likeness (QED) is 0.167. The van der Waals surface area contributed by atoms with E-state index in [9.17, 15) is 4.57 Å². The first kappa shape index (κ1) is 24.2. The Balaban J connectivity index is 3.14. The molecule has 0 aromatic carbocycles. The standard InChI is InChI=1S/C22H47OP/c1-4-7-8-9-10-11-12-13-14-15-16-17-18-19-20-21-22-24(23,5-2)6-3/h4-22H2,1-3H3. The minimum atomic E-state index is -1.77. The van der Waals surface area contributed by atoms with Gasteiger partial charge < -0.3 is 4.57 Å². The minimum absolute atomic E-state index is 0.905. The minimum Gasteiger partial charge on any atom is -0.324 e. The van der Waals surface area contributed by atoms with Gasteiger partial charge >= 0.3 is 0 Å². The zero-order valence-electron chi connectivity index (χ0n) is 17.3. The first-order valence-corrected chi connectivity index (χ1v) is 13.5. The lowest BCUT2D eigenvalue weighted by molar-refractivity contribution is 0.530. The van der Waals surface area contributed by atoms with Gasteiger partial charge in [-0.2, -0.15) is 0 Å². The zero-order chi connectivity index (χ0) is 17.9. The molecule has 0 amide bonds. The molecule has 0 bridgehead atoms. The fourth-order valence-corrected chi connectivity index (χ4v) is 5.37. The van der Waals surface area contributed by atoms with E-state index in [-0.39, 0.29) is 0 Å². The monoisotopic (exact) mass is 358 g/mol. The Morgan fingerprint density at radius 1 is 0.458 bits per heavy atom. The normalized spacial score (nSPS) is 12.0. The van der Waals surface area contributed by atoms with Crippen LogP contribution in [0, 0.1) is 0 Å².